The molecular formula is C15H18N2O2. The van der Waals surface area contributed by atoms with E-state index in [4.69, 9.17) is 4.74 Å². The molecule has 4 nitrogen and oxygen atoms in total. The number of esters is 1. The highest BCUT2D eigenvalue weighted by atomic mass is 16.5. The van der Waals surface area contributed by atoms with Crippen LogP contribution in [0.1, 0.15) is 41.3 Å². The SMILES string of the molecule is CC(C)c1ccc(COC(=O)c2cnn(C)c2)cc1. The molecule has 4 heteroatoms. The molecule has 0 aliphatic rings. The smallest absolute Gasteiger partial charge is 0.341 e. The van der Waals surface area contributed by atoms with Gasteiger partial charge in [-0.25, -0.2) is 4.79 Å². The highest BCUT2D eigenvalue weighted by Gasteiger charge is 2.09. The van der Waals surface area contributed by atoms with Crippen molar-refractivity contribution in [2.75, 3.05) is 0 Å². The topological polar surface area (TPSA) is 44.1 Å². The monoisotopic (exact) mass is 258 g/mol. The quantitative estimate of drug-likeness (QED) is 0.792. The number of aryl methyl sites for hydroxylation is 1. The molecule has 0 fully saturated rings. The molecule has 0 radical (unpaired) electrons. The molecule has 1 aromatic heterocycles. The lowest BCUT2D eigenvalue weighted by atomic mass is 10.0. The van der Waals surface area contributed by atoms with Crippen molar-refractivity contribution in [3.8, 4) is 0 Å². The Morgan fingerprint density at radius 1 is 1.32 bits per heavy atom. The van der Waals surface area contributed by atoms with Gasteiger partial charge in [0.15, 0.2) is 0 Å². The maximum Gasteiger partial charge on any atom is 0.341 e. The summed E-state index contributed by atoms with van der Waals surface area (Å²) >= 11 is 0. The summed E-state index contributed by atoms with van der Waals surface area (Å²) in [4.78, 5) is 11.7. The van der Waals surface area contributed by atoms with E-state index in [0.717, 1.165) is 5.56 Å². The predicted octanol–water partition coefficient (Wildman–Crippen LogP) is 2.90. The Morgan fingerprint density at radius 2 is 2.00 bits per heavy atom. The van der Waals surface area contributed by atoms with Crippen LogP contribution in [0.3, 0.4) is 0 Å². The van der Waals surface area contributed by atoms with Crippen molar-refractivity contribution >= 4 is 5.97 Å². The van der Waals surface area contributed by atoms with E-state index in [9.17, 15) is 4.79 Å². The maximum absolute atomic E-state index is 11.7. The first-order valence-corrected chi connectivity index (χ1v) is 6.31. The summed E-state index contributed by atoms with van der Waals surface area (Å²) < 4.78 is 6.81. The van der Waals surface area contributed by atoms with E-state index in [1.807, 2.05) is 12.1 Å². The van der Waals surface area contributed by atoms with Crippen LogP contribution in [0.25, 0.3) is 0 Å². The fourth-order valence-electron chi connectivity index (χ4n) is 1.76. The van der Waals surface area contributed by atoms with Gasteiger partial charge in [-0.2, -0.15) is 5.10 Å². The molecule has 0 amide bonds. The molecule has 0 bridgehead atoms. The molecule has 0 N–H and O–H groups in total. The molecule has 0 aliphatic heterocycles. The zero-order chi connectivity index (χ0) is 13.8. The zero-order valence-electron chi connectivity index (χ0n) is 11.5. The van der Waals surface area contributed by atoms with Gasteiger partial charge in [-0.3, -0.25) is 4.68 Å². The maximum atomic E-state index is 11.7. The summed E-state index contributed by atoms with van der Waals surface area (Å²) in [5.74, 6) is 0.160. The van der Waals surface area contributed by atoms with Crippen LogP contribution in [-0.4, -0.2) is 15.7 Å². The first kappa shape index (κ1) is 13.3. The minimum Gasteiger partial charge on any atom is -0.457 e. The number of hydrogen-bond acceptors (Lipinski definition) is 3. The minimum atomic E-state index is -0.346. The Hall–Kier alpha value is -2.10. The van der Waals surface area contributed by atoms with Crippen molar-refractivity contribution < 1.29 is 9.53 Å². The van der Waals surface area contributed by atoms with E-state index in [1.165, 1.54) is 11.8 Å². The summed E-state index contributed by atoms with van der Waals surface area (Å²) in [6.45, 7) is 4.58. The van der Waals surface area contributed by atoms with Crippen LogP contribution < -0.4 is 0 Å². The van der Waals surface area contributed by atoms with Crippen LogP contribution in [0, 0.1) is 0 Å². The average Bonchev–Trinajstić information content (AvgIpc) is 2.83. The molecule has 1 heterocycles. The Bertz CT molecular complexity index is 556. The minimum absolute atomic E-state index is 0.284. The summed E-state index contributed by atoms with van der Waals surface area (Å²) in [6.07, 6.45) is 3.15. The van der Waals surface area contributed by atoms with Crippen LogP contribution in [0.15, 0.2) is 36.7 Å². The summed E-state index contributed by atoms with van der Waals surface area (Å²) in [5.41, 5.74) is 2.74. The molecule has 100 valence electrons. The van der Waals surface area contributed by atoms with Crippen molar-refractivity contribution in [3.05, 3.63) is 53.3 Å². The van der Waals surface area contributed by atoms with Gasteiger partial charge in [0.2, 0.25) is 0 Å². The van der Waals surface area contributed by atoms with Gasteiger partial charge >= 0.3 is 5.97 Å². The Labute approximate surface area is 113 Å². The molecule has 2 rings (SSSR count). The molecule has 0 atom stereocenters. The Kier molecular flexibility index (Phi) is 4.00. The molecular weight excluding hydrogens is 240 g/mol. The number of ether oxygens (including phenoxy) is 1. The third-order valence-corrected chi connectivity index (χ3v) is 2.96. The second kappa shape index (κ2) is 5.69. The van der Waals surface area contributed by atoms with Crippen LogP contribution in [-0.2, 0) is 18.4 Å². The van der Waals surface area contributed by atoms with Crippen molar-refractivity contribution in [3.63, 3.8) is 0 Å². The zero-order valence-corrected chi connectivity index (χ0v) is 11.5. The van der Waals surface area contributed by atoms with Gasteiger partial charge in [-0.1, -0.05) is 38.1 Å². The van der Waals surface area contributed by atoms with Gasteiger partial charge in [0.05, 0.1) is 11.8 Å². The second-order valence-electron chi connectivity index (χ2n) is 4.88. The summed E-state index contributed by atoms with van der Waals surface area (Å²) in [5, 5.41) is 3.94. The molecule has 0 aliphatic carbocycles. The molecule has 0 unspecified atom stereocenters. The van der Waals surface area contributed by atoms with Gasteiger partial charge in [-0.05, 0) is 17.0 Å². The van der Waals surface area contributed by atoms with Crippen LogP contribution in [0.5, 0.6) is 0 Å². The Morgan fingerprint density at radius 3 is 2.53 bits per heavy atom. The van der Waals surface area contributed by atoms with Crippen molar-refractivity contribution in [1.82, 2.24) is 9.78 Å². The molecule has 0 saturated heterocycles. The number of carbonyl (C=O) groups is 1. The normalized spacial score (nSPS) is 10.7. The van der Waals surface area contributed by atoms with E-state index < -0.39 is 0 Å². The summed E-state index contributed by atoms with van der Waals surface area (Å²) in [7, 11) is 1.77. The lowest BCUT2D eigenvalue weighted by Gasteiger charge is -2.07. The van der Waals surface area contributed by atoms with E-state index in [-0.39, 0.29) is 12.6 Å². The fraction of sp³-hybridized carbons (Fsp3) is 0.333. The van der Waals surface area contributed by atoms with Gasteiger partial charge in [-0.15, -0.1) is 0 Å². The largest absolute Gasteiger partial charge is 0.457 e. The lowest BCUT2D eigenvalue weighted by molar-refractivity contribution is 0.0472. The molecule has 19 heavy (non-hydrogen) atoms. The summed E-state index contributed by atoms with van der Waals surface area (Å²) in [6, 6.07) is 8.12. The highest BCUT2D eigenvalue weighted by Crippen LogP contribution is 2.15. The highest BCUT2D eigenvalue weighted by molar-refractivity contribution is 5.88. The standard InChI is InChI=1S/C15H18N2O2/c1-11(2)13-6-4-12(5-7-13)10-19-15(18)14-8-16-17(3)9-14/h4-9,11H,10H2,1-3H3. The third-order valence-electron chi connectivity index (χ3n) is 2.96. The molecule has 0 saturated carbocycles. The first-order valence-electron chi connectivity index (χ1n) is 6.31. The van der Waals surface area contributed by atoms with Crippen molar-refractivity contribution in [2.45, 2.75) is 26.4 Å². The lowest BCUT2D eigenvalue weighted by Crippen LogP contribution is -2.04. The molecule has 1 aromatic carbocycles. The Balaban J connectivity index is 1.93. The van der Waals surface area contributed by atoms with E-state index >= 15 is 0 Å². The predicted molar refractivity (Wildman–Crippen MR) is 72.9 cm³/mol. The van der Waals surface area contributed by atoms with Crippen molar-refractivity contribution in [1.29, 1.82) is 0 Å². The first-order chi connectivity index (χ1) is 9.06. The van der Waals surface area contributed by atoms with Crippen LogP contribution >= 0.6 is 0 Å². The van der Waals surface area contributed by atoms with Gasteiger partial charge in [0.25, 0.3) is 0 Å². The number of carbonyl (C=O) groups excluding carboxylic acids is 1. The van der Waals surface area contributed by atoms with Gasteiger partial charge in [0, 0.05) is 13.2 Å². The number of hydrogen-bond donors (Lipinski definition) is 0. The molecule has 0 spiro atoms. The number of rotatable bonds is 4. The van der Waals surface area contributed by atoms with Crippen molar-refractivity contribution in [2.24, 2.45) is 7.05 Å². The number of aromatic nitrogens is 2. The van der Waals surface area contributed by atoms with Crippen LogP contribution in [0.2, 0.25) is 0 Å². The average molecular weight is 258 g/mol. The second-order valence-corrected chi connectivity index (χ2v) is 4.88. The number of benzene rings is 1. The third kappa shape index (κ3) is 3.44. The van der Waals surface area contributed by atoms with E-state index in [2.05, 4.69) is 31.1 Å². The van der Waals surface area contributed by atoms with Gasteiger partial charge < -0.3 is 4.74 Å². The number of nitrogens with zero attached hydrogens (tertiary/aromatic N) is 2. The van der Waals surface area contributed by atoms with E-state index in [1.54, 1.807) is 17.9 Å². The van der Waals surface area contributed by atoms with Gasteiger partial charge in [0.1, 0.15) is 6.61 Å². The molecule has 2 aromatic rings. The van der Waals surface area contributed by atoms with E-state index in [0.29, 0.717) is 11.5 Å². The van der Waals surface area contributed by atoms with Crippen LogP contribution in [0.4, 0.5) is 0 Å². The fourth-order valence-corrected chi connectivity index (χ4v) is 1.76.